The second-order valence-electron chi connectivity index (χ2n) is 10.8. The zero-order valence-electron chi connectivity index (χ0n) is 26.6. The number of aryl methyl sites for hydroxylation is 2. The molecule has 0 bridgehead atoms. The first-order chi connectivity index (χ1) is 20.6. The number of hydrogen-bond donors (Lipinski definition) is 5. The number of anilines is 2. The number of nitrogens with zero attached hydrogens (tertiary/aromatic N) is 1. The van der Waals surface area contributed by atoms with Crippen molar-refractivity contribution in [2.24, 2.45) is 0 Å². The molecule has 13 heteroatoms. The van der Waals surface area contributed by atoms with E-state index in [4.69, 9.17) is 1.28 Å². The van der Waals surface area contributed by atoms with E-state index >= 15 is 0 Å². The summed E-state index contributed by atoms with van der Waals surface area (Å²) in [6.45, 7) is 8.91. The molecular formula is C31H53N6O4PSU. The number of unbranched alkanes of at least 4 members (excludes halogenated alkanes) is 1. The maximum absolute atomic E-state index is 12.2. The smallest absolute Gasteiger partial charge is 0.319 e. The quantitative estimate of drug-likeness (QED) is 0.231. The van der Waals surface area contributed by atoms with Gasteiger partial charge in [-0.05, 0) is 83.3 Å². The average molecular weight is 877 g/mol. The Morgan fingerprint density at radius 2 is 1.25 bits per heavy atom. The number of benzene rings is 2. The van der Waals surface area contributed by atoms with Gasteiger partial charge in [0.2, 0.25) is 10.0 Å². The second kappa shape index (κ2) is 22.0. The molecule has 4 amide bonds. The summed E-state index contributed by atoms with van der Waals surface area (Å²) >= 11 is 0. The van der Waals surface area contributed by atoms with Crippen LogP contribution in [0, 0.1) is 45.0 Å². The molecule has 4 rings (SSSR count). The van der Waals surface area contributed by atoms with E-state index in [1.54, 1.807) is 14.1 Å². The monoisotopic (exact) mass is 876 g/mol. The van der Waals surface area contributed by atoms with Crippen LogP contribution in [-0.4, -0.2) is 70.1 Å². The van der Waals surface area contributed by atoms with Gasteiger partial charge in [-0.1, -0.05) is 56.2 Å². The summed E-state index contributed by atoms with van der Waals surface area (Å²) < 4.78 is 31.6. The van der Waals surface area contributed by atoms with Crippen molar-refractivity contribution in [2.45, 2.75) is 78.8 Å². The SMILES string of the molecule is C.CCCCS(=O)(=O)N1CCC(NC(=O)Nc2ccc(C)cc2)CC1.Cc1ccc(NC(=O)NC2CCNCC2)cc1.[3H]P.[U]. The fourth-order valence-corrected chi connectivity index (χ4v) is 6.36. The van der Waals surface area contributed by atoms with Crippen LogP contribution >= 0.6 is 9.84 Å². The molecule has 2 aromatic rings. The Labute approximate surface area is 293 Å². The summed E-state index contributed by atoms with van der Waals surface area (Å²) in [5.41, 5.74) is 3.91. The summed E-state index contributed by atoms with van der Waals surface area (Å²) in [4.78, 5) is 23.8. The molecule has 2 aliphatic rings. The van der Waals surface area contributed by atoms with Gasteiger partial charge >= 0.3 is 12.1 Å². The third-order valence-electron chi connectivity index (χ3n) is 7.23. The van der Waals surface area contributed by atoms with Gasteiger partial charge < -0.3 is 26.6 Å². The third-order valence-corrected chi connectivity index (χ3v) is 9.19. The van der Waals surface area contributed by atoms with Crippen molar-refractivity contribution in [3.05, 3.63) is 59.7 Å². The zero-order chi connectivity index (χ0) is 31.7. The van der Waals surface area contributed by atoms with E-state index in [0.717, 1.165) is 49.3 Å². The van der Waals surface area contributed by atoms with Crippen molar-refractivity contribution in [3.8, 4) is 0 Å². The Hall–Kier alpha value is -1.67. The number of carbonyl (C=O) groups is 2. The van der Waals surface area contributed by atoms with E-state index in [2.05, 4.69) is 26.6 Å². The molecule has 2 aliphatic heterocycles. The van der Waals surface area contributed by atoms with E-state index in [-0.39, 0.29) is 62.4 Å². The van der Waals surface area contributed by atoms with Gasteiger partial charge in [-0.25, -0.2) is 22.3 Å². The van der Waals surface area contributed by atoms with E-state index in [1.165, 1.54) is 5.56 Å². The van der Waals surface area contributed by atoms with Crippen LogP contribution in [0.3, 0.4) is 0 Å². The molecule has 2 fully saturated rings. The first-order valence-electron chi connectivity index (χ1n) is 15.2. The third kappa shape index (κ3) is 15.6. The molecule has 1 unspecified atom stereocenters. The fourth-order valence-electron chi connectivity index (χ4n) is 4.68. The summed E-state index contributed by atoms with van der Waals surface area (Å²) in [5, 5.41) is 14.8. The number of sulfonamides is 1. The van der Waals surface area contributed by atoms with Gasteiger partial charge in [0.25, 0.3) is 0 Å². The molecule has 246 valence electrons. The first-order valence-corrected chi connectivity index (χ1v) is 16.2. The van der Waals surface area contributed by atoms with Crippen molar-refractivity contribution in [1.82, 2.24) is 20.3 Å². The van der Waals surface area contributed by atoms with Gasteiger partial charge in [-0.15, -0.1) is 0 Å². The topological polar surface area (TPSA) is 132 Å². The summed E-state index contributed by atoms with van der Waals surface area (Å²) in [6, 6.07) is 15.3. The zero-order valence-corrected chi connectivity index (χ0v) is 31.8. The normalized spacial score (nSPS) is 15.7. The summed E-state index contributed by atoms with van der Waals surface area (Å²) in [7, 11) is -1.48. The summed E-state index contributed by atoms with van der Waals surface area (Å²) in [5.74, 6) is 0.218. The predicted octanol–water partition coefficient (Wildman–Crippen LogP) is 5.27. The van der Waals surface area contributed by atoms with E-state index < -0.39 is 10.0 Å². The van der Waals surface area contributed by atoms with E-state index in [1.807, 2.05) is 69.3 Å². The number of piperidine rings is 2. The molecule has 44 heavy (non-hydrogen) atoms. The Morgan fingerprint density at radius 3 is 1.66 bits per heavy atom. The van der Waals surface area contributed by atoms with Gasteiger partial charge in [0.15, 0.2) is 0 Å². The molecular weight excluding hydrogens is 821 g/mol. The molecule has 2 saturated heterocycles. The maximum Gasteiger partial charge on any atom is 0.319 e. The van der Waals surface area contributed by atoms with Crippen molar-refractivity contribution < 1.29 is 49.1 Å². The van der Waals surface area contributed by atoms with Crippen LogP contribution in [-0.2, 0) is 10.0 Å². The molecule has 1 atom stereocenters. The van der Waals surface area contributed by atoms with Crippen LogP contribution in [0.1, 0.15) is 64.0 Å². The Kier molecular flexibility index (Phi) is 20.1. The van der Waals surface area contributed by atoms with Gasteiger partial charge in [0, 0.05) is 67.7 Å². The molecule has 10 nitrogen and oxygen atoms in total. The Bertz CT molecular complexity index is 1210. The number of carbonyl (C=O) groups excluding carboxylic acids is 2. The average Bonchev–Trinajstić information content (AvgIpc) is 3.00. The number of nitrogens with one attached hydrogen (secondary N) is 5. The van der Waals surface area contributed by atoms with Crippen molar-refractivity contribution in [3.63, 3.8) is 0 Å². The molecule has 0 radical (unpaired) electrons. The molecule has 0 saturated carbocycles. The van der Waals surface area contributed by atoms with E-state index in [9.17, 15) is 18.0 Å². The summed E-state index contributed by atoms with van der Waals surface area (Å²) in [6.07, 6.45) is 4.86. The molecule has 5 N–H and O–H groups in total. The van der Waals surface area contributed by atoms with Gasteiger partial charge in [0.1, 0.15) is 0 Å². The first kappa shape index (κ1) is 40.4. The molecule has 2 aromatic carbocycles. The van der Waals surface area contributed by atoms with Crippen LogP contribution in [0.25, 0.3) is 0 Å². The molecule has 0 aromatic heterocycles. The van der Waals surface area contributed by atoms with Crippen molar-refractivity contribution in [2.75, 3.05) is 42.6 Å². The Morgan fingerprint density at radius 1 is 0.841 bits per heavy atom. The maximum atomic E-state index is 12.2. The van der Waals surface area contributed by atoms with Gasteiger partial charge in [-0.3, -0.25) is 0 Å². The van der Waals surface area contributed by atoms with Crippen molar-refractivity contribution in [1.29, 1.82) is 1.28 Å². The molecule has 2 heterocycles. The minimum absolute atomic E-state index is 0. The largest absolute Gasteiger partial charge is 0.335 e. The minimum Gasteiger partial charge on any atom is -0.335 e. The van der Waals surface area contributed by atoms with Crippen LogP contribution < -0.4 is 26.6 Å². The van der Waals surface area contributed by atoms with Crippen molar-refractivity contribution >= 4 is 43.3 Å². The standard InChI is InChI=1S/C17H27N3O3S.C13H19N3O.CH4.H3P.U/c1-3-4-13-24(22,23)20-11-9-16(10-12-20)19-17(21)18-15-7-5-14(2)6-8-15;1-10-2-4-11(5-3-10)15-13(17)16-12-6-8-14-9-7-12;;;/h5-8,16H,3-4,9-13H2,1-2H3,(H2,18,19,21);2-5,12,14H,6-9H2,1H3,(H2,15,16,17);1H4;1H3;/i;;;1T;. The van der Waals surface area contributed by atoms with Gasteiger partial charge in [-0.2, -0.15) is 9.84 Å². The Balaban J connectivity index is 0.000000817. The molecule has 0 spiro atoms. The van der Waals surface area contributed by atoms with Gasteiger partial charge in [0.05, 0.1) is 7.03 Å². The van der Waals surface area contributed by atoms with Crippen LogP contribution in [0.5, 0.6) is 0 Å². The second-order valence-corrected chi connectivity index (χ2v) is 12.9. The van der Waals surface area contributed by atoms with Crippen LogP contribution in [0.15, 0.2) is 48.5 Å². The molecule has 0 aliphatic carbocycles. The fraction of sp³-hybridized carbons (Fsp3) is 0.548. The minimum atomic E-state index is -3.15. The number of amides is 4. The predicted molar refractivity (Wildman–Crippen MR) is 184 cm³/mol. The number of rotatable bonds is 8. The number of hydrogen-bond acceptors (Lipinski definition) is 5. The van der Waals surface area contributed by atoms with E-state index in [0.29, 0.717) is 38.4 Å². The van der Waals surface area contributed by atoms with Crippen LogP contribution in [0.2, 0.25) is 0 Å². The van der Waals surface area contributed by atoms with Crippen LogP contribution in [0.4, 0.5) is 21.0 Å². The number of urea groups is 2.